The molecule has 0 saturated heterocycles. The molecule has 0 aliphatic heterocycles. The van der Waals surface area contributed by atoms with Crippen LogP contribution in [0.3, 0.4) is 0 Å². The van der Waals surface area contributed by atoms with Crippen LogP contribution in [-0.2, 0) is 14.9 Å². The number of ether oxygens (including phenoxy) is 1. The van der Waals surface area contributed by atoms with Gasteiger partial charge in [0.1, 0.15) is 0 Å². The van der Waals surface area contributed by atoms with Gasteiger partial charge in [-0.1, -0.05) is 22.6 Å². The van der Waals surface area contributed by atoms with Gasteiger partial charge in [0.05, 0.1) is 6.61 Å². The van der Waals surface area contributed by atoms with Crippen LogP contribution >= 0.6 is 22.6 Å². The van der Waals surface area contributed by atoms with E-state index < -0.39 is 16.3 Å². The second kappa shape index (κ2) is 6.38. The van der Waals surface area contributed by atoms with Gasteiger partial charge in [0.15, 0.2) is 0 Å². The van der Waals surface area contributed by atoms with E-state index in [1.807, 2.05) is 22.6 Å². The van der Waals surface area contributed by atoms with Gasteiger partial charge in [0.25, 0.3) is 0 Å². The Hall–Kier alpha value is -0.0900. The molecule has 13 heavy (non-hydrogen) atoms. The first kappa shape index (κ1) is 12.9. The number of halogens is 1. The van der Waals surface area contributed by atoms with E-state index in [1.165, 1.54) is 0 Å². The normalized spacial score (nSPS) is 10.9. The molecule has 0 aromatic carbocycles. The molecule has 0 radical (unpaired) electrons. The monoisotopic (exact) mass is 322 g/mol. The summed E-state index contributed by atoms with van der Waals surface area (Å²) in [4.78, 5) is 10.7. The Labute approximate surface area is 90.7 Å². The molecule has 0 spiro atoms. The standard InChI is InChI=1S/C5H11IN2O4S/c1-2-12-5(9)8-13(10,11)7-4-3-6/h7H,2-4H2,1H3,(H,8,9). The van der Waals surface area contributed by atoms with Crippen molar-refractivity contribution in [2.75, 3.05) is 17.6 Å². The predicted octanol–water partition coefficient (Wildman–Crippen LogP) is 0.00190. The summed E-state index contributed by atoms with van der Waals surface area (Å²) >= 11 is 2.01. The van der Waals surface area contributed by atoms with Gasteiger partial charge in [-0.3, -0.25) is 0 Å². The van der Waals surface area contributed by atoms with Crippen molar-refractivity contribution >= 4 is 38.9 Å². The van der Waals surface area contributed by atoms with Crippen molar-refractivity contribution in [3.63, 3.8) is 0 Å². The van der Waals surface area contributed by atoms with Crippen LogP contribution in [0.5, 0.6) is 0 Å². The minimum absolute atomic E-state index is 0.133. The van der Waals surface area contributed by atoms with Crippen molar-refractivity contribution in [1.29, 1.82) is 0 Å². The number of hydrogen-bond acceptors (Lipinski definition) is 4. The maximum atomic E-state index is 10.9. The van der Waals surface area contributed by atoms with Gasteiger partial charge in [0.2, 0.25) is 0 Å². The summed E-state index contributed by atoms with van der Waals surface area (Å²) in [6.07, 6.45) is -0.969. The summed E-state index contributed by atoms with van der Waals surface area (Å²) in [5.74, 6) is 0. The van der Waals surface area contributed by atoms with Crippen LogP contribution in [0.1, 0.15) is 6.92 Å². The highest BCUT2D eigenvalue weighted by Crippen LogP contribution is 1.83. The fourth-order valence-corrected chi connectivity index (χ4v) is 1.84. The maximum Gasteiger partial charge on any atom is 0.421 e. The first-order chi connectivity index (χ1) is 6.02. The highest BCUT2D eigenvalue weighted by atomic mass is 127. The summed E-state index contributed by atoms with van der Waals surface area (Å²) in [5.41, 5.74) is 0. The molecule has 8 heteroatoms. The number of alkyl halides is 1. The Morgan fingerprint density at radius 1 is 1.54 bits per heavy atom. The van der Waals surface area contributed by atoms with Crippen LogP contribution in [0.15, 0.2) is 0 Å². The quantitative estimate of drug-likeness (QED) is 0.551. The number of amides is 1. The highest BCUT2D eigenvalue weighted by Gasteiger charge is 2.13. The Morgan fingerprint density at radius 2 is 2.15 bits per heavy atom. The van der Waals surface area contributed by atoms with Crippen molar-refractivity contribution in [3.05, 3.63) is 0 Å². The topological polar surface area (TPSA) is 84.5 Å². The molecule has 0 unspecified atom stereocenters. The summed E-state index contributed by atoms with van der Waals surface area (Å²) < 4.78 is 30.7. The Bertz CT molecular complexity index is 253. The summed E-state index contributed by atoms with van der Waals surface area (Å²) in [5, 5.41) is 0. The van der Waals surface area contributed by atoms with E-state index in [-0.39, 0.29) is 13.2 Å². The van der Waals surface area contributed by atoms with E-state index in [9.17, 15) is 13.2 Å². The molecule has 0 aliphatic rings. The molecule has 0 bridgehead atoms. The van der Waals surface area contributed by atoms with Crippen LogP contribution in [-0.4, -0.2) is 32.1 Å². The largest absolute Gasteiger partial charge is 0.449 e. The summed E-state index contributed by atoms with van der Waals surface area (Å²) in [7, 11) is -3.74. The molecular weight excluding hydrogens is 311 g/mol. The SMILES string of the molecule is CCOC(=O)NS(=O)(=O)NCCI. The van der Waals surface area contributed by atoms with E-state index in [0.29, 0.717) is 4.43 Å². The van der Waals surface area contributed by atoms with E-state index in [4.69, 9.17) is 0 Å². The molecule has 0 fully saturated rings. The van der Waals surface area contributed by atoms with Crippen molar-refractivity contribution in [3.8, 4) is 0 Å². The predicted molar refractivity (Wildman–Crippen MR) is 56.0 cm³/mol. The van der Waals surface area contributed by atoms with E-state index in [1.54, 1.807) is 11.6 Å². The first-order valence-corrected chi connectivity index (χ1v) is 6.53. The summed E-state index contributed by atoms with van der Waals surface area (Å²) in [6.45, 7) is 1.99. The van der Waals surface area contributed by atoms with Crippen LogP contribution in [0.2, 0.25) is 0 Å². The average molecular weight is 322 g/mol. The van der Waals surface area contributed by atoms with Crippen LogP contribution < -0.4 is 9.44 Å². The van der Waals surface area contributed by atoms with Crippen molar-refractivity contribution in [1.82, 2.24) is 9.44 Å². The minimum Gasteiger partial charge on any atom is -0.449 e. The van der Waals surface area contributed by atoms with Gasteiger partial charge < -0.3 is 4.74 Å². The summed E-state index contributed by atoms with van der Waals surface area (Å²) in [6, 6.07) is 0. The molecular formula is C5H11IN2O4S. The number of rotatable bonds is 5. The third-order valence-electron chi connectivity index (χ3n) is 0.880. The number of nitrogens with one attached hydrogen (secondary N) is 2. The number of carbonyl (C=O) groups excluding carboxylic acids is 1. The Balaban J connectivity index is 3.95. The third-order valence-corrected chi connectivity index (χ3v) is 2.44. The molecule has 6 nitrogen and oxygen atoms in total. The lowest BCUT2D eigenvalue weighted by Gasteiger charge is -2.06. The molecule has 0 rings (SSSR count). The molecule has 0 atom stereocenters. The molecule has 2 N–H and O–H groups in total. The van der Waals surface area contributed by atoms with Gasteiger partial charge in [0, 0.05) is 11.0 Å². The van der Waals surface area contributed by atoms with Crippen molar-refractivity contribution in [2.45, 2.75) is 6.92 Å². The fourth-order valence-electron chi connectivity index (χ4n) is 0.479. The van der Waals surface area contributed by atoms with Crippen LogP contribution in [0.25, 0.3) is 0 Å². The van der Waals surface area contributed by atoms with E-state index in [2.05, 4.69) is 9.46 Å². The third kappa shape index (κ3) is 7.02. The molecule has 0 heterocycles. The van der Waals surface area contributed by atoms with Crippen LogP contribution in [0.4, 0.5) is 4.79 Å². The van der Waals surface area contributed by atoms with Crippen molar-refractivity contribution in [2.24, 2.45) is 0 Å². The Morgan fingerprint density at radius 3 is 2.62 bits per heavy atom. The second-order valence-electron chi connectivity index (χ2n) is 1.91. The lowest BCUT2D eigenvalue weighted by atomic mass is 10.8. The van der Waals surface area contributed by atoms with Crippen molar-refractivity contribution < 1.29 is 17.9 Å². The van der Waals surface area contributed by atoms with E-state index in [0.717, 1.165) is 0 Å². The number of carbonyl (C=O) groups is 1. The lowest BCUT2D eigenvalue weighted by molar-refractivity contribution is 0.158. The maximum absolute atomic E-state index is 10.9. The zero-order chi connectivity index (χ0) is 10.3. The zero-order valence-corrected chi connectivity index (χ0v) is 10.0. The van der Waals surface area contributed by atoms with Gasteiger partial charge in [-0.05, 0) is 6.92 Å². The molecule has 0 aromatic rings. The van der Waals surface area contributed by atoms with Crippen LogP contribution in [0, 0.1) is 0 Å². The second-order valence-corrected chi connectivity index (χ2v) is 4.49. The molecule has 1 amide bonds. The van der Waals surface area contributed by atoms with Gasteiger partial charge >= 0.3 is 16.3 Å². The molecule has 0 aromatic heterocycles. The Kier molecular flexibility index (Phi) is 6.33. The van der Waals surface area contributed by atoms with Gasteiger partial charge in [-0.25, -0.2) is 9.52 Å². The minimum atomic E-state index is -3.74. The molecule has 78 valence electrons. The van der Waals surface area contributed by atoms with Gasteiger partial charge in [-0.2, -0.15) is 13.1 Å². The lowest BCUT2D eigenvalue weighted by Crippen LogP contribution is -2.41. The smallest absolute Gasteiger partial charge is 0.421 e. The molecule has 0 saturated carbocycles. The van der Waals surface area contributed by atoms with E-state index >= 15 is 0 Å². The highest BCUT2D eigenvalue weighted by molar-refractivity contribution is 14.1. The molecule has 0 aliphatic carbocycles. The van der Waals surface area contributed by atoms with Gasteiger partial charge in [-0.15, -0.1) is 0 Å². The number of hydrogen-bond donors (Lipinski definition) is 2. The first-order valence-electron chi connectivity index (χ1n) is 3.52. The fraction of sp³-hybridized carbons (Fsp3) is 0.800. The average Bonchev–Trinajstić information content (AvgIpc) is 2.00. The zero-order valence-electron chi connectivity index (χ0n) is 7.04.